The molecule has 1 N–H and O–H groups in total. The topological polar surface area (TPSA) is 46.2 Å². The molecular formula is C10H19NO2S. The van der Waals surface area contributed by atoms with E-state index in [2.05, 4.69) is 12.2 Å². The molecule has 0 radical (unpaired) electrons. The van der Waals surface area contributed by atoms with E-state index in [0.717, 1.165) is 32.4 Å². The molecule has 0 saturated carbocycles. The molecule has 2 aliphatic rings. The van der Waals surface area contributed by atoms with Gasteiger partial charge in [-0.1, -0.05) is 13.3 Å². The minimum Gasteiger partial charge on any atom is -0.316 e. The van der Waals surface area contributed by atoms with Gasteiger partial charge in [-0.15, -0.1) is 0 Å². The summed E-state index contributed by atoms with van der Waals surface area (Å²) in [6.07, 6.45) is 3.04. The summed E-state index contributed by atoms with van der Waals surface area (Å²) < 4.78 is 23.1. The number of nitrogens with one attached hydrogen (secondary N) is 1. The van der Waals surface area contributed by atoms with Crippen molar-refractivity contribution in [3.63, 3.8) is 0 Å². The van der Waals surface area contributed by atoms with Gasteiger partial charge in [0.25, 0.3) is 0 Å². The van der Waals surface area contributed by atoms with Gasteiger partial charge in [-0.05, 0) is 37.3 Å². The van der Waals surface area contributed by atoms with Crippen molar-refractivity contribution in [1.29, 1.82) is 0 Å². The highest BCUT2D eigenvalue weighted by Crippen LogP contribution is 2.44. The Morgan fingerprint density at radius 3 is 2.79 bits per heavy atom. The molecule has 0 aromatic carbocycles. The molecule has 4 heteroatoms. The largest absolute Gasteiger partial charge is 0.316 e. The summed E-state index contributed by atoms with van der Waals surface area (Å²) in [4.78, 5) is 0. The Labute approximate surface area is 86.2 Å². The van der Waals surface area contributed by atoms with Crippen LogP contribution in [0.3, 0.4) is 0 Å². The zero-order chi connectivity index (χ0) is 10.2. The van der Waals surface area contributed by atoms with Gasteiger partial charge in [0, 0.05) is 0 Å². The lowest BCUT2D eigenvalue weighted by Gasteiger charge is -2.40. The van der Waals surface area contributed by atoms with E-state index in [1.54, 1.807) is 0 Å². The Balaban J connectivity index is 2.21. The first-order valence-electron chi connectivity index (χ1n) is 5.49. The molecule has 2 unspecified atom stereocenters. The second-order valence-corrected chi connectivity index (χ2v) is 6.95. The summed E-state index contributed by atoms with van der Waals surface area (Å²) in [7, 11) is -2.73. The van der Waals surface area contributed by atoms with Crippen LogP contribution in [0.15, 0.2) is 0 Å². The van der Waals surface area contributed by atoms with E-state index in [4.69, 9.17) is 0 Å². The van der Waals surface area contributed by atoms with Crippen LogP contribution in [0.4, 0.5) is 0 Å². The van der Waals surface area contributed by atoms with Crippen molar-refractivity contribution in [3.05, 3.63) is 0 Å². The maximum absolute atomic E-state index is 11.5. The number of hydrogen-bond acceptors (Lipinski definition) is 3. The standard InChI is InChI=1S/C10H19NO2S/c1-2-9-7-11-5-3-10(9)4-6-14(12,13)8-10/h9,11H,2-8H2,1H3. The number of piperidine rings is 1. The molecule has 2 fully saturated rings. The fourth-order valence-corrected chi connectivity index (χ4v) is 5.33. The lowest BCUT2D eigenvalue weighted by Crippen LogP contribution is -2.45. The molecule has 2 atom stereocenters. The molecule has 1 spiro atoms. The number of hydrogen-bond donors (Lipinski definition) is 1. The van der Waals surface area contributed by atoms with E-state index >= 15 is 0 Å². The maximum Gasteiger partial charge on any atom is 0.150 e. The predicted octanol–water partition coefficient (Wildman–Crippen LogP) is 0.811. The molecule has 2 rings (SSSR count). The molecule has 0 bridgehead atoms. The van der Waals surface area contributed by atoms with Gasteiger partial charge in [-0.3, -0.25) is 0 Å². The third-order valence-electron chi connectivity index (χ3n) is 3.97. The van der Waals surface area contributed by atoms with Crippen molar-refractivity contribution >= 4 is 9.84 Å². The first-order valence-corrected chi connectivity index (χ1v) is 7.31. The average molecular weight is 217 g/mol. The molecule has 2 heterocycles. The van der Waals surface area contributed by atoms with Crippen LogP contribution in [0.1, 0.15) is 26.2 Å². The zero-order valence-electron chi connectivity index (χ0n) is 8.75. The van der Waals surface area contributed by atoms with Gasteiger partial charge in [0.2, 0.25) is 0 Å². The molecule has 0 aromatic heterocycles. The highest BCUT2D eigenvalue weighted by Gasteiger charge is 2.47. The molecule has 3 nitrogen and oxygen atoms in total. The van der Waals surface area contributed by atoms with E-state index < -0.39 is 9.84 Å². The van der Waals surface area contributed by atoms with E-state index in [-0.39, 0.29) is 5.41 Å². The Bertz CT molecular complexity index is 312. The third kappa shape index (κ3) is 1.70. The van der Waals surface area contributed by atoms with Gasteiger partial charge in [-0.25, -0.2) is 8.42 Å². The normalized spacial score (nSPS) is 41.6. The second kappa shape index (κ2) is 3.49. The van der Waals surface area contributed by atoms with Gasteiger partial charge in [0.15, 0.2) is 9.84 Å². The van der Waals surface area contributed by atoms with Crippen molar-refractivity contribution < 1.29 is 8.42 Å². The van der Waals surface area contributed by atoms with Gasteiger partial charge < -0.3 is 5.32 Å². The van der Waals surface area contributed by atoms with Gasteiger partial charge in [-0.2, -0.15) is 0 Å². The third-order valence-corrected chi connectivity index (χ3v) is 5.81. The van der Waals surface area contributed by atoms with Crippen LogP contribution in [-0.4, -0.2) is 33.0 Å². The Morgan fingerprint density at radius 1 is 1.43 bits per heavy atom. The minimum atomic E-state index is -2.73. The summed E-state index contributed by atoms with van der Waals surface area (Å²) in [5.41, 5.74) is 0.124. The average Bonchev–Trinajstić information content (AvgIpc) is 2.44. The SMILES string of the molecule is CCC1CNCCC12CCS(=O)(=O)C2. The minimum absolute atomic E-state index is 0.124. The lowest BCUT2D eigenvalue weighted by atomic mass is 9.69. The van der Waals surface area contributed by atoms with Crippen molar-refractivity contribution in [2.45, 2.75) is 26.2 Å². The molecule has 0 aromatic rings. The van der Waals surface area contributed by atoms with Crippen molar-refractivity contribution in [1.82, 2.24) is 5.32 Å². The van der Waals surface area contributed by atoms with E-state index in [1.807, 2.05) is 0 Å². The van der Waals surface area contributed by atoms with Crippen molar-refractivity contribution in [2.75, 3.05) is 24.6 Å². The Hall–Kier alpha value is -0.0900. The monoisotopic (exact) mass is 217 g/mol. The summed E-state index contributed by atoms with van der Waals surface area (Å²) in [5, 5.41) is 3.37. The van der Waals surface area contributed by atoms with Crippen LogP contribution in [0.2, 0.25) is 0 Å². The first kappa shape index (κ1) is 10.4. The zero-order valence-corrected chi connectivity index (χ0v) is 9.57. The van der Waals surface area contributed by atoms with Crippen LogP contribution >= 0.6 is 0 Å². The summed E-state index contributed by atoms with van der Waals surface area (Å²) in [6, 6.07) is 0. The molecule has 82 valence electrons. The highest BCUT2D eigenvalue weighted by atomic mass is 32.2. The van der Waals surface area contributed by atoms with Gasteiger partial charge >= 0.3 is 0 Å². The van der Waals surface area contributed by atoms with E-state index in [0.29, 0.717) is 17.4 Å². The maximum atomic E-state index is 11.5. The highest BCUT2D eigenvalue weighted by molar-refractivity contribution is 7.91. The first-order chi connectivity index (χ1) is 6.58. The van der Waals surface area contributed by atoms with E-state index in [1.165, 1.54) is 0 Å². The van der Waals surface area contributed by atoms with Crippen LogP contribution in [0.25, 0.3) is 0 Å². The van der Waals surface area contributed by atoms with Gasteiger partial charge in [0.1, 0.15) is 0 Å². The fourth-order valence-electron chi connectivity index (χ4n) is 3.07. The Morgan fingerprint density at radius 2 is 2.21 bits per heavy atom. The quantitative estimate of drug-likeness (QED) is 0.707. The van der Waals surface area contributed by atoms with Crippen LogP contribution in [-0.2, 0) is 9.84 Å². The van der Waals surface area contributed by atoms with Crippen molar-refractivity contribution in [2.24, 2.45) is 11.3 Å². The van der Waals surface area contributed by atoms with Gasteiger partial charge in [0.05, 0.1) is 11.5 Å². The number of sulfone groups is 1. The predicted molar refractivity (Wildman–Crippen MR) is 57.0 cm³/mol. The summed E-state index contributed by atoms with van der Waals surface area (Å²) in [5.74, 6) is 1.43. The Kier molecular flexibility index (Phi) is 2.60. The lowest BCUT2D eigenvalue weighted by molar-refractivity contribution is 0.134. The molecule has 0 aliphatic carbocycles. The molecular weight excluding hydrogens is 198 g/mol. The molecule has 14 heavy (non-hydrogen) atoms. The summed E-state index contributed by atoms with van der Waals surface area (Å²) in [6.45, 7) is 4.17. The van der Waals surface area contributed by atoms with Crippen molar-refractivity contribution in [3.8, 4) is 0 Å². The van der Waals surface area contributed by atoms with Crippen LogP contribution < -0.4 is 5.32 Å². The molecule has 2 aliphatic heterocycles. The molecule has 0 amide bonds. The second-order valence-electron chi connectivity index (χ2n) is 4.76. The van der Waals surface area contributed by atoms with E-state index in [9.17, 15) is 8.42 Å². The summed E-state index contributed by atoms with van der Waals surface area (Å²) >= 11 is 0. The smallest absolute Gasteiger partial charge is 0.150 e. The number of rotatable bonds is 1. The van der Waals surface area contributed by atoms with Crippen LogP contribution in [0, 0.1) is 11.3 Å². The molecule has 2 saturated heterocycles. The van der Waals surface area contributed by atoms with Crippen LogP contribution in [0.5, 0.6) is 0 Å². The fraction of sp³-hybridized carbons (Fsp3) is 1.00.